The lowest BCUT2D eigenvalue weighted by Crippen LogP contribution is -2.25. The Morgan fingerprint density at radius 3 is 3.05 bits per heavy atom. The molecule has 1 aliphatic rings. The Morgan fingerprint density at radius 2 is 2.25 bits per heavy atom. The molecule has 0 unspecified atom stereocenters. The highest BCUT2D eigenvalue weighted by Gasteiger charge is 2.18. The maximum Gasteiger partial charge on any atom is 0.108 e. The first kappa shape index (κ1) is 13.4. The number of imidazole rings is 1. The first-order valence-corrected chi connectivity index (χ1v) is 7.61. The maximum absolute atomic E-state index is 4.80. The molecular formula is C17H23N3. The van der Waals surface area contributed by atoms with Crippen molar-refractivity contribution in [3.05, 3.63) is 52.6 Å². The molecule has 106 valence electrons. The zero-order chi connectivity index (χ0) is 13.9. The summed E-state index contributed by atoms with van der Waals surface area (Å²) in [6, 6.07) is 8.82. The summed E-state index contributed by atoms with van der Waals surface area (Å²) < 4.78 is 2.46. The fourth-order valence-corrected chi connectivity index (χ4v) is 3.07. The Morgan fingerprint density at radius 1 is 1.35 bits per heavy atom. The molecule has 1 N–H and O–H groups in total. The summed E-state index contributed by atoms with van der Waals surface area (Å²) >= 11 is 0. The lowest BCUT2D eigenvalue weighted by Gasteiger charge is -2.16. The highest BCUT2D eigenvalue weighted by Crippen LogP contribution is 2.18. The van der Waals surface area contributed by atoms with Gasteiger partial charge in [-0.15, -0.1) is 0 Å². The summed E-state index contributed by atoms with van der Waals surface area (Å²) in [5.41, 5.74) is 5.48. The van der Waals surface area contributed by atoms with E-state index in [0.717, 1.165) is 38.9 Å². The van der Waals surface area contributed by atoms with Crippen molar-refractivity contribution in [1.82, 2.24) is 14.9 Å². The van der Waals surface area contributed by atoms with E-state index in [4.69, 9.17) is 4.98 Å². The number of hydrogen-bond donors (Lipinski definition) is 1. The summed E-state index contributed by atoms with van der Waals surface area (Å²) in [7, 11) is 0. The monoisotopic (exact) mass is 269 g/mol. The zero-order valence-corrected chi connectivity index (χ0v) is 12.4. The molecule has 0 saturated carbocycles. The van der Waals surface area contributed by atoms with Gasteiger partial charge in [-0.2, -0.15) is 0 Å². The van der Waals surface area contributed by atoms with Crippen molar-refractivity contribution in [1.29, 1.82) is 0 Å². The molecule has 0 fully saturated rings. The number of fused-ring (bicyclic) bond motifs is 1. The number of nitrogens with one attached hydrogen (secondary N) is 1. The molecule has 2 heterocycles. The van der Waals surface area contributed by atoms with E-state index in [-0.39, 0.29) is 0 Å². The van der Waals surface area contributed by atoms with Crippen LogP contribution in [-0.2, 0) is 32.4 Å². The van der Waals surface area contributed by atoms with Gasteiger partial charge in [0.25, 0.3) is 0 Å². The van der Waals surface area contributed by atoms with Crippen LogP contribution in [0.3, 0.4) is 0 Å². The summed E-state index contributed by atoms with van der Waals surface area (Å²) in [6.07, 6.45) is 3.21. The lowest BCUT2D eigenvalue weighted by atomic mass is 10.1. The van der Waals surface area contributed by atoms with E-state index in [1.807, 2.05) is 0 Å². The molecule has 3 rings (SSSR count). The fourth-order valence-electron chi connectivity index (χ4n) is 3.07. The van der Waals surface area contributed by atoms with Crippen molar-refractivity contribution in [2.75, 3.05) is 6.54 Å². The van der Waals surface area contributed by atoms with Crippen molar-refractivity contribution in [3.63, 3.8) is 0 Å². The summed E-state index contributed by atoms with van der Waals surface area (Å²) in [4.78, 5) is 4.80. The van der Waals surface area contributed by atoms with E-state index in [9.17, 15) is 0 Å². The minimum absolute atomic E-state index is 0.930. The van der Waals surface area contributed by atoms with E-state index < -0.39 is 0 Å². The highest BCUT2D eigenvalue weighted by molar-refractivity contribution is 5.24. The van der Waals surface area contributed by atoms with Gasteiger partial charge in [0.2, 0.25) is 0 Å². The average Bonchev–Trinajstić information content (AvgIpc) is 2.83. The fraction of sp³-hybridized carbons (Fsp3) is 0.471. The molecule has 0 saturated heterocycles. The topological polar surface area (TPSA) is 29.9 Å². The van der Waals surface area contributed by atoms with Crippen molar-refractivity contribution >= 4 is 0 Å². The third-order valence-corrected chi connectivity index (χ3v) is 4.09. The molecule has 0 amide bonds. The predicted octanol–water partition coefficient (Wildman–Crippen LogP) is 2.64. The summed E-state index contributed by atoms with van der Waals surface area (Å²) in [5, 5.41) is 3.41. The molecule has 1 aromatic heterocycles. The third-order valence-electron chi connectivity index (χ3n) is 4.09. The molecule has 0 atom stereocenters. The van der Waals surface area contributed by atoms with Gasteiger partial charge in [-0.1, -0.05) is 36.8 Å². The van der Waals surface area contributed by atoms with Crippen LogP contribution in [0.4, 0.5) is 0 Å². The SMILES string of the molecule is CCc1nc2c(n1CCc1cccc(C)c1)CCNC2. The Balaban J connectivity index is 1.81. The smallest absolute Gasteiger partial charge is 0.108 e. The van der Waals surface area contributed by atoms with Crippen molar-refractivity contribution < 1.29 is 0 Å². The van der Waals surface area contributed by atoms with Crippen LogP contribution in [0.5, 0.6) is 0 Å². The van der Waals surface area contributed by atoms with Gasteiger partial charge in [0.05, 0.1) is 5.69 Å². The number of aryl methyl sites for hydroxylation is 3. The van der Waals surface area contributed by atoms with Gasteiger partial charge < -0.3 is 9.88 Å². The molecule has 3 nitrogen and oxygen atoms in total. The normalized spacial score (nSPS) is 14.3. The van der Waals surface area contributed by atoms with Crippen molar-refractivity contribution in [2.24, 2.45) is 0 Å². The third kappa shape index (κ3) is 2.63. The number of benzene rings is 1. The zero-order valence-electron chi connectivity index (χ0n) is 12.4. The molecular weight excluding hydrogens is 246 g/mol. The number of hydrogen-bond acceptors (Lipinski definition) is 2. The second kappa shape index (κ2) is 5.80. The van der Waals surface area contributed by atoms with Gasteiger partial charge in [0, 0.05) is 38.2 Å². The molecule has 0 spiro atoms. The minimum atomic E-state index is 0.930. The molecule has 1 aromatic carbocycles. The van der Waals surface area contributed by atoms with E-state index in [1.54, 1.807) is 0 Å². The standard InChI is InChI=1S/C17H23N3/c1-3-17-19-15-12-18-9-7-16(15)20(17)10-8-14-6-4-5-13(2)11-14/h4-6,11,18H,3,7-10,12H2,1-2H3. The van der Waals surface area contributed by atoms with Gasteiger partial charge in [0.1, 0.15) is 5.82 Å². The van der Waals surface area contributed by atoms with Crippen LogP contribution in [0.25, 0.3) is 0 Å². The number of aromatic nitrogens is 2. The van der Waals surface area contributed by atoms with Crippen molar-refractivity contribution in [3.8, 4) is 0 Å². The van der Waals surface area contributed by atoms with Gasteiger partial charge in [-0.3, -0.25) is 0 Å². The minimum Gasteiger partial charge on any atom is -0.331 e. The first-order valence-electron chi connectivity index (χ1n) is 7.61. The van der Waals surface area contributed by atoms with Crippen LogP contribution in [0.15, 0.2) is 24.3 Å². The molecule has 2 aromatic rings. The second-order valence-corrected chi connectivity index (χ2v) is 5.59. The van der Waals surface area contributed by atoms with E-state index in [1.165, 1.54) is 28.3 Å². The second-order valence-electron chi connectivity index (χ2n) is 5.59. The van der Waals surface area contributed by atoms with E-state index in [2.05, 4.69) is 48.0 Å². The largest absolute Gasteiger partial charge is 0.331 e. The van der Waals surface area contributed by atoms with Gasteiger partial charge in [-0.05, 0) is 18.9 Å². The van der Waals surface area contributed by atoms with Crippen LogP contribution in [0.1, 0.15) is 35.3 Å². The lowest BCUT2D eigenvalue weighted by molar-refractivity contribution is 0.577. The van der Waals surface area contributed by atoms with E-state index in [0.29, 0.717) is 0 Å². The van der Waals surface area contributed by atoms with Crippen LogP contribution in [-0.4, -0.2) is 16.1 Å². The van der Waals surface area contributed by atoms with Crippen LogP contribution >= 0.6 is 0 Å². The summed E-state index contributed by atoms with van der Waals surface area (Å²) in [5.74, 6) is 1.24. The first-order chi connectivity index (χ1) is 9.78. The Labute approximate surface area is 121 Å². The summed E-state index contributed by atoms with van der Waals surface area (Å²) in [6.45, 7) is 7.41. The molecule has 3 heteroatoms. The maximum atomic E-state index is 4.80. The van der Waals surface area contributed by atoms with Crippen molar-refractivity contribution in [2.45, 2.75) is 46.2 Å². The van der Waals surface area contributed by atoms with Crippen LogP contribution in [0.2, 0.25) is 0 Å². The number of rotatable bonds is 4. The van der Waals surface area contributed by atoms with Gasteiger partial charge >= 0.3 is 0 Å². The molecule has 0 aliphatic carbocycles. The average molecular weight is 269 g/mol. The molecule has 20 heavy (non-hydrogen) atoms. The predicted molar refractivity (Wildman–Crippen MR) is 81.9 cm³/mol. The quantitative estimate of drug-likeness (QED) is 0.924. The van der Waals surface area contributed by atoms with E-state index >= 15 is 0 Å². The molecule has 1 aliphatic heterocycles. The Hall–Kier alpha value is -1.61. The molecule has 0 radical (unpaired) electrons. The van der Waals surface area contributed by atoms with Gasteiger partial charge in [-0.25, -0.2) is 4.98 Å². The molecule has 0 bridgehead atoms. The van der Waals surface area contributed by atoms with Crippen LogP contribution in [0, 0.1) is 6.92 Å². The highest BCUT2D eigenvalue weighted by atomic mass is 15.1. The Bertz CT molecular complexity index is 598. The Kier molecular flexibility index (Phi) is 3.88. The van der Waals surface area contributed by atoms with Gasteiger partial charge in [0.15, 0.2) is 0 Å². The van der Waals surface area contributed by atoms with Crippen LogP contribution < -0.4 is 5.32 Å². The number of nitrogens with zero attached hydrogens (tertiary/aromatic N) is 2.